The molecule has 0 aliphatic carbocycles. The Balaban J connectivity index is 2.82. The highest BCUT2D eigenvalue weighted by molar-refractivity contribution is 8.76. The summed E-state index contributed by atoms with van der Waals surface area (Å²) in [5.41, 5.74) is 5.03. The molecule has 0 radical (unpaired) electrons. The van der Waals surface area contributed by atoms with Gasteiger partial charge in [-0.1, -0.05) is 21.6 Å². The summed E-state index contributed by atoms with van der Waals surface area (Å²) >= 11 is 0. The highest BCUT2D eigenvalue weighted by Crippen LogP contribution is 2.14. The van der Waals surface area contributed by atoms with E-state index in [1.165, 1.54) is 0 Å². The molecule has 0 bridgehead atoms. The van der Waals surface area contributed by atoms with Crippen molar-refractivity contribution in [2.75, 3.05) is 12.0 Å². The molecule has 0 amide bonds. The molecule has 0 aromatic heterocycles. The Morgan fingerprint density at radius 2 is 2.43 bits per heavy atom. The molecule has 0 aliphatic heterocycles. The van der Waals surface area contributed by atoms with Crippen LogP contribution in [-0.4, -0.2) is 17.8 Å². The van der Waals surface area contributed by atoms with E-state index < -0.39 is 0 Å². The Labute approximate surface area is 51.1 Å². The summed E-state index contributed by atoms with van der Waals surface area (Å²) in [6.45, 7) is 0. The molecule has 3 N–H and O–H groups in total. The van der Waals surface area contributed by atoms with Gasteiger partial charge in [0.1, 0.15) is 5.84 Å². The van der Waals surface area contributed by atoms with Crippen LogP contribution in [-0.2, 0) is 0 Å². The lowest BCUT2D eigenvalue weighted by Gasteiger charge is -1.89. The van der Waals surface area contributed by atoms with Crippen LogP contribution in [0.25, 0.3) is 0 Å². The highest BCUT2D eigenvalue weighted by Gasteiger charge is 1.84. The molecule has 0 atom stereocenters. The highest BCUT2D eigenvalue weighted by atomic mass is 33.1. The first-order chi connectivity index (χ1) is 3.27. The van der Waals surface area contributed by atoms with Crippen molar-refractivity contribution >= 4 is 27.4 Å². The summed E-state index contributed by atoms with van der Waals surface area (Å²) in [5.74, 6) is 0.889. The zero-order valence-corrected chi connectivity index (χ0v) is 5.73. The van der Waals surface area contributed by atoms with E-state index in [-0.39, 0.29) is 5.84 Å². The first-order valence-corrected chi connectivity index (χ1v) is 4.48. The summed E-state index contributed by atoms with van der Waals surface area (Å²) in [5, 5.41) is 6.74. The van der Waals surface area contributed by atoms with Gasteiger partial charge >= 0.3 is 0 Å². The second-order valence-corrected chi connectivity index (χ2v) is 3.52. The van der Waals surface area contributed by atoms with Crippen LogP contribution < -0.4 is 5.73 Å². The first kappa shape index (κ1) is 7.17. The van der Waals surface area contributed by atoms with Crippen LogP contribution in [0.4, 0.5) is 0 Å². The van der Waals surface area contributed by atoms with Gasteiger partial charge in [0.05, 0.1) is 5.75 Å². The van der Waals surface area contributed by atoms with Crippen LogP contribution in [0.1, 0.15) is 0 Å². The fraction of sp³-hybridized carbons (Fsp3) is 0.667. The molecule has 42 valence electrons. The van der Waals surface area contributed by atoms with Crippen molar-refractivity contribution in [3.8, 4) is 0 Å². The number of amidine groups is 1. The van der Waals surface area contributed by atoms with Crippen LogP contribution in [0.15, 0.2) is 0 Å². The maximum Gasteiger partial charge on any atom is 0.102 e. The van der Waals surface area contributed by atoms with Crippen LogP contribution in [0.3, 0.4) is 0 Å². The Kier molecular flexibility index (Phi) is 4.44. The van der Waals surface area contributed by atoms with Crippen molar-refractivity contribution in [3.63, 3.8) is 0 Å². The maximum absolute atomic E-state index is 6.74. The van der Waals surface area contributed by atoms with Gasteiger partial charge in [0.25, 0.3) is 0 Å². The summed E-state index contributed by atoms with van der Waals surface area (Å²) < 4.78 is 0. The van der Waals surface area contributed by atoms with Crippen molar-refractivity contribution in [3.05, 3.63) is 0 Å². The zero-order valence-electron chi connectivity index (χ0n) is 4.10. The van der Waals surface area contributed by atoms with Crippen LogP contribution in [0, 0.1) is 5.41 Å². The molecule has 0 rings (SSSR count). The molecule has 2 nitrogen and oxygen atoms in total. The van der Waals surface area contributed by atoms with E-state index in [1.807, 2.05) is 6.26 Å². The number of hydrogen-bond acceptors (Lipinski definition) is 3. The Morgan fingerprint density at radius 1 is 1.86 bits per heavy atom. The number of rotatable bonds is 3. The van der Waals surface area contributed by atoms with Crippen LogP contribution in [0.2, 0.25) is 0 Å². The van der Waals surface area contributed by atoms with E-state index in [4.69, 9.17) is 11.1 Å². The Bertz CT molecular complexity index is 64.0. The molecule has 0 heterocycles. The van der Waals surface area contributed by atoms with Gasteiger partial charge < -0.3 is 5.73 Å². The fourth-order valence-electron chi connectivity index (χ4n) is 0.122. The predicted molar refractivity (Wildman–Crippen MR) is 37.9 cm³/mol. The van der Waals surface area contributed by atoms with Gasteiger partial charge in [-0.2, -0.15) is 0 Å². The van der Waals surface area contributed by atoms with E-state index in [1.54, 1.807) is 21.6 Å². The first-order valence-electron chi connectivity index (χ1n) is 1.76. The van der Waals surface area contributed by atoms with E-state index in [0.717, 1.165) is 0 Å². The largest absolute Gasteiger partial charge is 0.387 e. The molecule has 0 saturated carbocycles. The van der Waals surface area contributed by atoms with Gasteiger partial charge in [0.15, 0.2) is 0 Å². The minimum atomic E-state index is 0.249. The van der Waals surface area contributed by atoms with Gasteiger partial charge in [0.2, 0.25) is 0 Å². The molecule has 0 aliphatic rings. The average Bonchev–Trinajstić information content (AvgIpc) is 1.61. The molecular formula is C3H8N2S2. The molecular weight excluding hydrogens is 128 g/mol. The van der Waals surface area contributed by atoms with Gasteiger partial charge in [0, 0.05) is 0 Å². The van der Waals surface area contributed by atoms with E-state index in [9.17, 15) is 0 Å². The van der Waals surface area contributed by atoms with Crippen molar-refractivity contribution < 1.29 is 0 Å². The van der Waals surface area contributed by atoms with Crippen molar-refractivity contribution in [1.29, 1.82) is 5.41 Å². The number of nitrogens with one attached hydrogen (secondary N) is 1. The third-order valence-corrected chi connectivity index (χ3v) is 2.06. The summed E-state index contributed by atoms with van der Waals surface area (Å²) in [6.07, 6.45) is 1.97. The molecule has 0 aromatic rings. The van der Waals surface area contributed by atoms with E-state index in [2.05, 4.69) is 0 Å². The monoisotopic (exact) mass is 136 g/mol. The maximum atomic E-state index is 6.74. The topological polar surface area (TPSA) is 49.9 Å². The van der Waals surface area contributed by atoms with Gasteiger partial charge in [-0.05, 0) is 6.26 Å². The quantitative estimate of drug-likeness (QED) is 0.345. The fourth-order valence-corrected chi connectivity index (χ4v) is 1.10. The smallest absolute Gasteiger partial charge is 0.102 e. The standard InChI is InChI=1S/C3H8N2S2/c1-6-7-2-3(4)5/h2H2,1H3,(H3,4,5). The second kappa shape index (κ2) is 4.33. The Morgan fingerprint density at radius 3 is 2.57 bits per heavy atom. The van der Waals surface area contributed by atoms with Crippen molar-refractivity contribution in [2.45, 2.75) is 0 Å². The number of hydrogen-bond donors (Lipinski definition) is 2. The molecule has 4 heteroatoms. The van der Waals surface area contributed by atoms with Gasteiger partial charge in [-0.25, -0.2) is 0 Å². The van der Waals surface area contributed by atoms with Crippen molar-refractivity contribution in [2.24, 2.45) is 5.73 Å². The summed E-state index contributed by atoms with van der Waals surface area (Å²) in [6, 6.07) is 0. The molecule has 0 fully saturated rings. The molecule has 0 spiro atoms. The lowest BCUT2D eigenvalue weighted by molar-refractivity contribution is 1.43. The molecule has 0 saturated heterocycles. The zero-order chi connectivity index (χ0) is 5.70. The van der Waals surface area contributed by atoms with Gasteiger partial charge in [-0.3, -0.25) is 5.41 Å². The lowest BCUT2D eigenvalue weighted by Crippen LogP contribution is -2.11. The normalized spacial score (nSPS) is 8.71. The molecule has 0 aromatic carbocycles. The summed E-state index contributed by atoms with van der Waals surface area (Å²) in [4.78, 5) is 0. The van der Waals surface area contributed by atoms with Crippen LogP contribution in [0.5, 0.6) is 0 Å². The molecule has 7 heavy (non-hydrogen) atoms. The Hall–Kier alpha value is 0.170. The third-order valence-electron chi connectivity index (χ3n) is 0.332. The summed E-state index contributed by atoms with van der Waals surface area (Å²) in [7, 11) is 3.21. The lowest BCUT2D eigenvalue weighted by atomic mass is 10.7. The SMILES string of the molecule is CSSCC(=N)N. The predicted octanol–water partition coefficient (Wildman–Crippen LogP) is 0.934. The number of nitrogens with two attached hydrogens (primary N) is 1. The van der Waals surface area contributed by atoms with Gasteiger partial charge in [-0.15, -0.1) is 0 Å². The molecule has 0 unspecified atom stereocenters. The third kappa shape index (κ3) is 6.17. The van der Waals surface area contributed by atoms with E-state index in [0.29, 0.717) is 5.75 Å². The van der Waals surface area contributed by atoms with E-state index >= 15 is 0 Å². The minimum absolute atomic E-state index is 0.249. The second-order valence-electron chi connectivity index (χ2n) is 0.954. The minimum Gasteiger partial charge on any atom is -0.387 e. The van der Waals surface area contributed by atoms with Crippen LogP contribution >= 0.6 is 21.6 Å². The van der Waals surface area contributed by atoms with Crippen molar-refractivity contribution in [1.82, 2.24) is 0 Å². The average molecular weight is 136 g/mol.